The molecule has 0 saturated carbocycles. The van der Waals surface area contributed by atoms with Gasteiger partial charge in [0.25, 0.3) is 0 Å². The molecule has 0 bridgehead atoms. The van der Waals surface area contributed by atoms with Crippen molar-refractivity contribution in [1.29, 1.82) is 5.26 Å². The predicted octanol–water partition coefficient (Wildman–Crippen LogP) is 2.89. The first kappa shape index (κ1) is 20.1. The summed E-state index contributed by atoms with van der Waals surface area (Å²) in [7, 11) is -3.37. The maximum absolute atomic E-state index is 12.5. The highest BCUT2D eigenvalue weighted by Crippen LogP contribution is 2.39. The molecule has 0 unspecified atom stereocenters. The molecule has 0 aromatic carbocycles. The fourth-order valence-electron chi connectivity index (χ4n) is 3.92. The van der Waals surface area contributed by atoms with E-state index in [2.05, 4.69) is 26.0 Å². The molecule has 1 aliphatic rings. The fourth-order valence-corrected chi connectivity index (χ4v) is 5.84. The number of hydrogen-bond acceptors (Lipinski definition) is 5. The molecule has 1 N–H and O–H groups in total. The van der Waals surface area contributed by atoms with E-state index >= 15 is 0 Å². The van der Waals surface area contributed by atoms with Crippen LogP contribution in [-0.4, -0.2) is 51.3 Å². The van der Waals surface area contributed by atoms with E-state index in [-0.39, 0.29) is 31.2 Å². The van der Waals surface area contributed by atoms with Gasteiger partial charge in [0, 0.05) is 48.2 Å². The molecule has 0 amide bonds. The molecule has 0 radical (unpaired) electrons. The Morgan fingerprint density at radius 1 is 1.40 bits per heavy atom. The normalized spacial score (nSPS) is 16.3. The third kappa shape index (κ3) is 3.24. The van der Waals surface area contributed by atoms with Crippen LogP contribution in [0.25, 0.3) is 27.0 Å². The van der Waals surface area contributed by atoms with E-state index in [9.17, 15) is 13.7 Å². The highest BCUT2D eigenvalue weighted by Gasteiger charge is 2.50. The number of fused-ring (bicyclic) bond motifs is 1. The molecule has 1 aliphatic heterocycles. The molecule has 4 heterocycles. The first-order valence-electron chi connectivity index (χ1n) is 9.53. The van der Waals surface area contributed by atoms with Gasteiger partial charge in [-0.25, -0.2) is 13.3 Å². The Labute approximate surface area is 174 Å². The lowest BCUT2D eigenvalue weighted by Crippen LogP contribution is -2.64. The summed E-state index contributed by atoms with van der Waals surface area (Å²) in [4.78, 5) is 10.9. The third-order valence-electron chi connectivity index (χ3n) is 5.33. The Kier molecular flexibility index (Phi) is 4.85. The van der Waals surface area contributed by atoms with Crippen LogP contribution in [0.15, 0.2) is 30.9 Å². The first-order chi connectivity index (χ1) is 14.3. The zero-order chi connectivity index (χ0) is 21.5. The highest BCUT2D eigenvalue weighted by molar-refractivity contribution is 7.89. The lowest BCUT2D eigenvalue weighted by molar-refractivity contribution is 0.0715. The average molecular weight is 424 g/mol. The summed E-state index contributed by atoms with van der Waals surface area (Å²) in [5.74, 6) is 0.108. The summed E-state index contributed by atoms with van der Waals surface area (Å²) in [6, 6.07) is 4.03. The van der Waals surface area contributed by atoms with Gasteiger partial charge in [-0.3, -0.25) is 9.67 Å². The largest absolute Gasteiger partial charge is 0.346 e. The van der Waals surface area contributed by atoms with E-state index in [1.807, 2.05) is 19.9 Å². The van der Waals surface area contributed by atoms with Crippen LogP contribution in [-0.2, 0) is 15.6 Å². The van der Waals surface area contributed by atoms with E-state index in [0.29, 0.717) is 11.3 Å². The Morgan fingerprint density at radius 2 is 2.17 bits per heavy atom. The second-order valence-corrected chi connectivity index (χ2v) is 10.1. The van der Waals surface area contributed by atoms with Crippen LogP contribution >= 0.6 is 0 Å². The molecule has 3 aromatic heterocycles. The van der Waals surface area contributed by atoms with Gasteiger partial charge in [-0.05, 0) is 12.0 Å². The number of nitrogens with zero attached hydrogens (tertiary/aromatic N) is 6. The van der Waals surface area contributed by atoms with Crippen LogP contribution in [0.1, 0.15) is 20.3 Å². The molecular formula is C20H21N7O2S. The number of nitriles is 1. The van der Waals surface area contributed by atoms with Crippen molar-refractivity contribution in [3.8, 4) is 17.2 Å². The molecule has 0 atom stereocenters. The number of rotatable bonds is 6. The maximum Gasteiger partial charge on any atom is 0.214 e. The summed E-state index contributed by atoms with van der Waals surface area (Å²) < 4.78 is 28.2. The van der Waals surface area contributed by atoms with Crippen molar-refractivity contribution in [2.45, 2.75) is 25.8 Å². The monoisotopic (exact) mass is 423 g/mol. The van der Waals surface area contributed by atoms with Crippen molar-refractivity contribution >= 4 is 26.7 Å². The van der Waals surface area contributed by atoms with Gasteiger partial charge in [-0.15, -0.1) is 0 Å². The predicted molar refractivity (Wildman–Crippen MR) is 112 cm³/mol. The van der Waals surface area contributed by atoms with Gasteiger partial charge in [-0.1, -0.05) is 13.8 Å². The van der Waals surface area contributed by atoms with Crippen LogP contribution in [0.3, 0.4) is 0 Å². The van der Waals surface area contributed by atoms with Crippen LogP contribution < -0.4 is 0 Å². The van der Waals surface area contributed by atoms with Crippen molar-refractivity contribution in [3.63, 3.8) is 0 Å². The molecule has 154 valence electrons. The van der Waals surface area contributed by atoms with E-state index in [1.165, 1.54) is 10.5 Å². The topological polar surface area (TPSA) is 112 Å². The van der Waals surface area contributed by atoms with Gasteiger partial charge in [0.05, 0.1) is 31.0 Å². The smallest absolute Gasteiger partial charge is 0.214 e. The van der Waals surface area contributed by atoms with Crippen LogP contribution in [0.4, 0.5) is 5.69 Å². The SMILES string of the molecule is [C-]#[N+]c1cnc2[nH]ccc2c1-c1cnn(C2(CC#N)CN(S(=O)(=O)CC(C)C)C2)c1. The second-order valence-electron chi connectivity index (χ2n) is 8.04. The minimum absolute atomic E-state index is 0.0276. The first-order valence-corrected chi connectivity index (χ1v) is 11.1. The van der Waals surface area contributed by atoms with Crippen molar-refractivity contribution < 1.29 is 8.42 Å². The summed E-state index contributed by atoms with van der Waals surface area (Å²) in [6.07, 6.45) is 6.88. The molecule has 9 nitrogen and oxygen atoms in total. The van der Waals surface area contributed by atoms with Gasteiger partial charge >= 0.3 is 0 Å². The zero-order valence-electron chi connectivity index (χ0n) is 16.7. The quantitative estimate of drug-likeness (QED) is 0.613. The standard InChI is InChI=1S/C20H21N7O2S/c1-14(2)11-30(28,29)26-12-20(13-26,5-6-21)27-10-15(8-25-27)18-16-4-7-23-19(16)24-9-17(18)22-3/h4,7-10,14H,5,11-13H2,1-2H3,(H,23,24). The molecule has 10 heteroatoms. The van der Waals surface area contributed by atoms with E-state index in [1.54, 1.807) is 23.3 Å². The van der Waals surface area contributed by atoms with Crippen molar-refractivity contribution in [2.24, 2.45) is 5.92 Å². The van der Waals surface area contributed by atoms with Gasteiger partial charge in [0.2, 0.25) is 15.7 Å². The van der Waals surface area contributed by atoms with Crippen molar-refractivity contribution in [1.82, 2.24) is 24.1 Å². The minimum atomic E-state index is -3.37. The molecule has 3 aromatic rings. The molecule has 30 heavy (non-hydrogen) atoms. The number of H-pyrrole nitrogens is 1. The van der Waals surface area contributed by atoms with Gasteiger partial charge in [-0.2, -0.15) is 14.7 Å². The van der Waals surface area contributed by atoms with Crippen LogP contribution in [0.5, 0.6) is 0 Å². The molecule has 1 fully saturated rings. The van der Waals surface area contributed by atoms with E-state index in [0.717, 1.165) is 16.5 Å². The third-order valence-corrected chi connectivity index (χ3v) is 7.46. The zero-order valence-corrected chi connectivity index (χ0v) is 17.5. The Balaban J connectivity index is 1.69. The van der Waals surface area contributed by atoms with Crippen LogP contribution in [0.2, 0.25) is 0 Å². The highest BCUT2D eigenvalue weighted by atomic mass is 32.2. The number of pyridine rings is 1. The van der Waals surface area contributed by atoms with Gasteiger partial charge < -0.3 is 4.98 Å². The average Bonchev–Trinajstić information content (AvgIpc) is 3.31. The summed E-state index contributed by atoms with van der Waals surface area (Å²) in [5.41, 5.74) is 1.82. The Hall–Kier alpha value is -3.21. The van der Waals surface area contributed by atoms with E-state index in [4.69, 9.17) is 6.57 Å². The Bertz CT molecular complexity index is 1280. The number of aromatic nitrogens is 4. The van der Waals surface area contributed by atoms with Gasteiger partial charge in [0.1, 0.15) is 11.2 Å². The second kappa shape index (κ2) is 7.24. The summed E-state index contributed by atoms with van der Waals surface area (Å²) in [5, 5.41) is 14.6. The molecule has 0 spiro atoms. The number of hydrogen-bond donors (Lipinski definition) is 1. The fraction of sp³-hybridized carbons (Fsp3) is 0.400. The molecular weight excluding hydrogens is 402 g/mol. The lowest BCUT2D eigenvalue weighted by Gasteiger charge is -2.48. The summed E-state index contributed by atoms with van der Waals surface area (Å²) in [6.45, 7) is 11.6. The van der Waals surface area contributed by atoms with Crippen LogP contribution in [0, 0.1) is 23.8 Å². The summed E-state index contributed by atoms with van der Waals surface area (Å²) >= 11 is 0. The van der Waals surface area contributed by atoms with Gasteiger partial charge in [0.15, 0.2) is 0 Å². The molecule has 1 saturated heterocycles. The van der Waals surface area contributed by atoms with E-state index < -0.39 is 15.6 Å². The number of aromatic amines is 1. The Morgan fingerprint density at radius 3 is 2.83 bits per heavy atom. The lowest BCUT2D eigenvalue weighted by atomic mass is 9.89. The number of sulfonamides is 1. The molecule has 4 rings (SSSR count). The van der Waals surface area contributed by atoms with Crippen molar-refractivity contribution in [2.75, 3.05) is 18.8 Å². The van der Waals surface area contributed by atoms with Crippen molar-refractivity contribution in [3.05, 3.63) is 42.3 Å². The number of nitrogens with one attached hydrogen (secondary N) is 1. The minimum Gasteiger partial charge on any atom is -0.346 e. The molecule has 0 aliphatic carbocycles. The maximum atomic E-state index is 12.5.